The number of nitrogens with zero attached hydrogens (tertiary/aromatic N) is 3. The van der Waals surface area contributed by atoms with Crippen LogP contribution in [0.1, 0.15) is 40.0 Å². The van der Waals surface area contributed by atoms with Crippen LogP contribution in [0.25, 0.3) is 0 Å². The number of ether oxygens (including phenoxy) is 2. The zero-order chi connectivity index (χ0) is 23.8. The molecule has 0 spiro atoms. The lowest BCUT2D eigenvalue weighted by Gasteiger charge is -2.29. The highest BCUT2D eigenvalue weighted by molar-refractivity contribution is 7.92. The molecule has 0 unspecified atom stereocenters. The average Bonchev–Trinajstić information content (AvgIpc) is 3.42. The summed E-state index contributed by atoms with van der Waals surface area (Å²) in [7, 11) is -2.56. The summed E-state index contributed by atoms with van der Waals surface area (Å²) in [5.41, 5.74) is -0.841. The minimum absolute atomic E-state index is 0.0143. The van der Waals surface area contributed by atoms with E-state index in [1.165, 1.54) is 25.3 Å². The van der Waals surface area contributed by atoms with Gasteiger partial charge in [0.25, 0.3) is 5.91 Å². The van der Waals surface area contributed by atoms with Crippen LogP contribution in [0.15, 0.2) is 23.1 Å². The molecule has 32 heavy (non-hydrogen) atoms. The van der Waals surface area contributed by atoms with Crippen molar-refractivity contribution in [2.45, 2.75) is 67.9 Å². The number of hydrogen-bond donors (Lipinski definition) is 0. The molecule has 0 aromatic heterocycles. The molecule has 1 aliphatic heterocycles. The van der Waals surface area contributed by atoms with Gasteiger partial charge >= 0.3 is 6.09 Å². The summed E-state index contributed by atoms with van der Waals surface area (Å²) >= 11 is 6.20. The van der Waals surface area contributed by atoms with E-state index in [0.717, 1.165) is 9.80 Å². The van der Waals surface area contributed by atoms with Gasteiger partial charge in [-0.2, -0.15) is 5.26 Å². The van der Waals surface area contributed by atoms with Gasteiger partial charge in [-0.05, 0) is 52.2 Å². The Morgan fingerprint density at radius 1 is 1.28 bits per heavy atom. The molecule has 1 aromatic carbocycles. The third-order valence-corrected chi connectivity index (χ3v) is 7.93. The second kappa shape index (κ2) is 8.79. The molecule has 1 saturated carbocycles. The predicted molar refractivity (Wildman–Crippen MR) is 116 cm³/mol. The Kier molecular flexibility index (Phi) is 6.63. The summed E-state index contributed by atoms with van der Waals surface area (Å²) in [6.07, 6.45) is 2.31. The molecule has 0 bridgehead atoms. The summed E-state index contributed by atoms with van der Waals surface area (Å²) < 4.78 is 37.2. The topological polar surface area (TPSA) is 117 Å². The van der Waals surface area contributed by atoms with Crippen molar-refractivity contribution in [3.63, 3.8) is 0 Å². The average molecular weight is 484 g/mol. The highest BCUT2D eigenvalue weighted by atomic mass is 35.5. The number of rotatable bonds is 5. The summed E-state index contributed by atoms with van der Waals surface area (Å²) in [4.78, 5) is 28.0. The first-order valence-electron chi connectivity index (χ1n) is 10.2. The second-order valence-corrected chi connectivity index (χ2v) is 11.5. The zero-order valence-corrected chi connectivity index (χ0v) is 19.9. The van der Waals surface area contributed by atoms with Crippen molar-refractivity contribution in [3.05, 3.63) is 23.2 Å². The third-order valence-electron chi connectivity index (χ3n) is 5.32. The summed E-state index contributed by atoms with van der Waals surface area (Å²) in [6.45, 7) is 4.78. The number of sulfone groups is 1. The number of carbonyl (C=O) groups excluding carboxylic acids is 2. The summed E-state index contributed by atoms with van der Waals surface area (Å²) in [5, 5.41) is 8.34. The molecule has 0 N–H and O–H groups in total. The van der Waals surface area contributed by atoms with Crippen molar-refractivity contribution < 1.29 is 27.5 Å². The first-order valence-corrected chi connectivity index (χ1v) is 12.1. The minimum Gasteiger partial charge on any atom is -0.497 e. The number of likely N-dealkylation sites (tertiary alicyclic amines) is 1. The SMILES string of the molecule is COc1ccc(S(=O)(=O)[C@@H]2C[C@@H](C(=O)N(C#N)C3CC3)N(C(=O)OC(C)(C)C)C2)c(Cl)c1. The van der Waals surface area contributed by atoms with Gasteiger partial charge in [-0.3, -0.25) is 9.69 Å². The molecule has 174 valence electrons. The van der Waals surface area contributed by atoms with Crippen LogP contribution in [0, 0.1) is 11.5 Å². The third kappa shape index (κ3) is 4.94. The first-order chi connectivity index (χ1) is 14.9. The van der Waals surface area contributed by atoms with Crippen LogP contribution in [-0.2, 0) is 19.4 Å². The van der Waals surface area contributed by atoms with E-state index in [1.54, 1.807) is 20.8 Å². The van der Waals surface area contributed by atoms with Crippen molar-refractivity contribution in [1.29, 1.82) is 5.26 Å². The van der Waals surface area contributed by atoms with Crippen LogP contribution >= 0.6 is 11.6 Å². The maximum absolute atomic E-state index is 13.4. The maximum Gasteiger partial charge on any atom is 0.411 e. The Labute approximate surface area is 192 Å². The Bertz CT molecular complexity index is 1060. The number of carbonyl (C=O) groups is 2. The molecule has 2 amide bonds. The van der Waals surface area contributed by atoms with E-state index in [4.69, 9.17) is 21.1 Å². The number of benzene rings is 1. The largest absolute Gasteiger partial charge is 0.497 e. The Morgan fingerprint density at radius 2 is 1.94 bits per heavy atom. The smallest absolute Gasteiger partial charge is 0.411 e. The van der Waals surface area contributed by atoms with Crippen molar-refractivity contribution in [1.82, 2.24) is 9.80 Å². The van der Waals surface area contributed by atoms with Gasteiger partial charge in [0.05, 0.1) is 22.3 Å². The molecular formula is C21H26ClN3O6S. The molecule has 1 aliphatic carbocycles. The number of nitriles is 1. The van der Waals surface area contributed by atoms with E-state index in [9.17, 15) is 23.3 Å². The zero-order valence-electron chi connectivity index (χ0n) is 18.4. The van der Waals surface area contributed by atoms with Crippen LogP contribution in [0.4, 0.5) is 4.79 Å². The second-order valence-electron chi connectivity index (χ2n) is 8.89. The standard InChI is InChI=1S/C21H26ClN3O6S/c1-21(2,3)31-20(27)24-11-15(10-17(24)19(26)25(12-23)13-5-6-13)32(28,29)18-8-7-14(30-4)9-16(18)22/h7-9,13,15,17H,5-6,10-11H2,1-4H3/t15-,17+/m1/s1. The van der Waals surface area contributed by atoms with Crippen molar-refractivity contribution in [3.8, 4) is 11.9 Å². The molecule has 11 heteroatoms. The van der Waals surface area contributed by atoms with E-state index in [1.807, 2.05) is 6.19 Å². The number of halogens is 1. The number of methoxy groups -OCH3 is 1. The van der Waals surface area contributed by atoms with Crippen LogP contribution < -0.4 is 4.74 Å². The molecule has 2 fully saturated rings. The molecule has 0 radical (unpaired) electrons. The Balaban J connectivity index is 1.94. The van der Waals surface area contributed by atoms with Gasteiger partial charge in [0.1, 0.15) is 17.4 Å². The van der Waals surface area contributed by atoms with E-state index in [0.29, 0.717) is 18.6 Å². The van der Waals surface area contributed by atoms with Gasteiger partial charge < -0.3 is 9.47 Å². The number of hydrogen-bond acceptors (Lipinski definition) is 7. The van der Waals surface area contributed by atoms with Gasteiger partial charge in [0, 0.05) is 18.7 Å². The van der Waals surface area contributed by atoms with Crippen molar-refractivity contribution in [2.24, 2.45) is 0 Å². The lowest BCUT2D eigenvalue weighted by Crippen LogP contribution is -2.48. The van der Waals surface area contributed by atoms with Crippen molar-refractivity contribution >= 4 is 33.4 Å². The molecule has 2 atom stereocenters. The fourth-order valence-corrected chi connectivity index (χ4v) is 5.83. The van der Waals surface area contributed by atoms with Gasteiger partial charge in [-0.15, -0.1) is 0 Å². The molecular weight excluding hydrogens is 458 g/mol. The molecule has 9 nitrogen and oxygen atoms in total. The molecule has 1 saturated heterocycles. The highest BCUT2D eigenvalue weighted by Crippen LogP contribution is 2.36. The van der Waals surface area contributed by atoms with Gasteiger partial charge in [0.15, 0.2) is 16.0 Å². The Morgan fingerprint density at radius 3 is 2.44 bits per heavy atom. The van der Waals surface area contributed by atoms with Gasteiger partial charge in [0.2, 0.25) is 0 Å². The van der Waals surface area contributed by atoms with E-state index < -0.39 is 38.7 Å². The fraction of sp³-hybridized carbons (Fsp3) is 0.571. The normalized spacial score (nSPS) is 21.1. The van der Waals surface area contributed by atoms with Gasteiger partial charge in [-0.1, -0.05) is 11.6 Å². The molecule has 3 rings (SSSR count). The van der Waals surface area contributed by atoms with E-state index in [2.05, 4.69) is 0 Å². The summed E-state index contributed by atoms with van der Waals surface area (Å²) in [6, 6.07) is 2.88. The lowest BCUT2D eigenvalue weighted by atomic mass is 10.2. The van der Waals surface area contributed by atoms with Crippen LogP contribution in [0.3, 0.4) is 0 Å². The number of amides is 2. The van der Waals surface area contributed by atoms with E-state index >= 15 is 0 Å². The first kappa shape index (κ1) is 24.1. The van der Waals surface area contributed by atoms with Crippen LogP contribution in [0.2, 0.25) is 5.02 Å². The highest BCUT2D eigenvalue weighted by Gasteiger charge is 2.49. The Hall–Kier alpha value is -2.51. The van der Waals surface area contributed by atoms with Crippen molar-refractivity contribution in [2.75, 3.05) is 13.7 Å². The monoisotopic (exact) mass is 483 g/mol. The maximum atomic E-state index is 13.4. The van der Waals surface area contributed by atoms with E-state index in [-0.39, 0.29) is 28.9 Å². The lowest BCUT2D eigenvalue weighted by molar-refractivity contribution is -0.133. The van der Waals surface area contributed by atoms with Crippen LogP contribution in [0.5, 0.6) is 5.75 Å². The predicted octanol–water partition coefficient (Wildman–Crippen LogP) is 2.97. The van der Waals surface area contributed by atoms with Crippen LogP contribution in [-0.4, -0.2) is 66.8 Å². The molecule has 1 heterocycles. The molecule has 1 aromatic rings. The fourth-order valence-electron chi connectivity index (χ4n) is 3.60. The van der Waals surface area contributed by atoms with Gasteiger partial charge in [-0.25, -0.2) is 18.1 Å². The molecule has 2 aliphatic rings. The summed E-state index contributed by atoms with van der Waals surface area (Å²) in [5.74, 6) is -0.197. The quantitative estimate of drug-likeness (QED) is 0.466. The minimum atomic E-state index is -4.00.